The molecule has 1 fully saturated rings. The zero-order valence-electron chi connectivity index (χ0n) is 14.9. The molecule has 2 aromatic rings. The van der Waals surface area contributed by atoms with Gasteiger partial charge in [-0.05, 0) is 42.5 Å². The van der Waals surface area contributed by atoms with Crippen LogP contribution < -0.4 is 4.72 Å². The highest BCUT2D eigenvalue weighted by Gasteiger charge is 2.25. The highest BCUT2D eigenvalue weighted by molar-refractivity contribution is 7.89. The van der Waals surface area contributed by atoms with Crippen molar-refractivity contribution in [2.75, 3.05) is 19.6 Å². The third kappa shape index (κ3) is 4.14. The predicted octanol–water partition coefficient (Wildman–Crippen LogP) is 3.00. The van der Waals surface area contributed by atoms with Crippen LogP contribution in [0.4, 0.5) is 0 Å². The molecule has 0 saturated carbocycles. The molecule has 0 bridgehead atoms. The molecule has 1 aliphatic heterocycles. The van der Waals surface area contributed by atoms with E-state index in [4.69, 9.17) is 0 Å². The summed E-state index contributed by atoms with van der Waals surface area (Å²) in [5.41, 5.74) is 1.74. The molecule has 6 heteroatoms. The summed E-state index contributed by atoms with van der Waals surface area (Å²) < 4.78 is 26.7. The molecule has 1 amide bonds. The molecule has 0 aliphatic carbocycles. The van der Waals surface area contributed by atoms with Gasteiger partial charge >= 0.3 is 0 Å². The van der Waals surface area contributed by atoms with E-state index in [-0.39, 0.29) is 10.8 Å². The number of hydrogen-bond acceptors (Lipinski definition) is 3. The highest BCUT2D eigenvalue weighted by Crippen LogP contribution is 2.28. The zero-order valence-corrected chi connectivity index (χ0v) is 15.7. The van der Waals surface area contributed by atoms with Crippen molar-refractivity contribution in [2.45, 2.75) is 30.6 Å². The maximum absolute atomic E-state index is 12.8. The van der Waals surface area contributed by atoms with E-state index >= 15 is 0 Å². The Kier molecular flexibility index (Phi) is 5.74. The van der Waals surface area contributed by atoms with Crippen molar-refractivity contribution < 1.29 is 13.2 Å². The number of likely N-dealkylation sites (tertiary alicyclic amines) is 1. The minimum atomic E-state index is -3.56. The van der Waals surface area contributed by atoms with Crippen molar-refractivity contribution in [3.05, 3.63) is 65.7 Å². The van der Waals surface area contributed by atoms with Gasteiger partial charge in [0.15, 0.2) is 0 Å². The molecule has 1 aliphatic rings. The summed E-state index contributed by atoms with van der Waals surface area (Å²) in [7, 11) is -3.56. The van der Waals surface area contributed by atoms with Crippen molar-refractivity contribution in [1.29, 1.82) is 0 Å². The monoisotopic (exact) mass is 372 g/mol. The van der Waals surface area contributed by atoms with E-state index in [1.165, 1.54) is 17.7 Å². The molecular formula is C20H24N2O3S. The van der Waals surface area contributed by atoms with Crippen molar-refractivity contribution >= 4 is 15.9 Å². The molecule has 5 nitrogen and oxygen atoms in total. The fourth-order valence-corrected chi connectivity index (χ4v) is 4.48. The minimum Gasteiger partial charge on any atom is -0.339 e. The topological polar surface area (TPSA) is 66.5 Å². The van der Waals surface area contributed by atoms with Crippen molar-refractivity contribution in [3.63, 3.8) is 0 Å². The van der Waals surface area contributed by atoms with E-state index in [0.717, 1.165) is 12.8 Å². The van der Waals surface area contributed by atoms with Gasteiger partial charge in [0.25, 0.3) is 5.91 Å². The molecule has 2 aromatic carbocycles. The lowest BCUT2D eigenvalue weighted by Crippen LogP contribution is -2.38. The van der Waals surface area contributed by atoms with Gasteiger partial charge in [-0.15, -0.1) is 0 Å². The van der Waals surface area contributed by atoms with Gasteiger partial charge in [-0.1, -0.05) is 43.3 Å². The number of benzene rings is 2. The van der Waals surface area contributed by atoms with Crippen LogP contribution in [-0.4, -0.2) is 38.9 Å². The Morgan fingerprint density at radius 1 is 1.08 bits per heavy atom. The molecule has 1 heterocycles. The van der Waals surface area contributed by atoms with Crippen LogP contribution in [0.3, 0.4) is 0 Å². The number of amides is 1. The average molecular weight is 372 g/mol. The van der Waals surface area contributed by atoms with Crippen LogP contribution in [0.1, 0.15) is 41.6 Å². The fourth-order valence-electron chi connectivity index (χ4n) is 3.39. The third-order valence-corrected chi connectivity index (χ3v) is 6.32. The van der Waals surface area contributed by atoms with Gasteiger partial charge in [-0.25, -0.2) is 13.1 Å². The van der Waals surface area contributed by atoms with E-state index in [1.54, 1.807) is 19.1 Å². The molecule has 3 rings (SSSR count). The molecule has 1 saturated heterocycles. The Morgan fingerprint density at radius 2 is 1.77 bits per heavy atom. The van der Waals surface area contributed by atoms with Gasteiger partial charge in [0.2, 0.25) is 10.0 Å². The highest BCUT2D eigenvalue weighted by atomic mass is 32.2. The van der Waals surface area contributed by atoms with Gasteiger partial charge < -0.3 is 4.90 Å². The Balaban J connectivity index is 1.69. The Labute approximate surface area is 155 Å². The normalized spacial score (nSPS) is 15.8. The molecule has 0 radical (unpaired) electrons. The van der Waals surface area contributed by atoms with E-state index < -0.39 is 10.0 Å². The van der Waals surface area contributed by atoms with Crippen LogP contribution >= 0.6 is 0 Å². The quantitative estimate of drug-likeness (QED) is 0.877. The SMILES string of the molecule is CCNS(=O)(=O)c1cccc(C(=O)N2CCC(c3ccccc3)CC2)c1. The second-order valence-corrected chi connectivity index (χ2v) is 8.27. The van der Waals surface area contributed by atoms with Crippen LogP contribution in [0.2, 0.25) is 0 Å². The lowest BCUT2D eigenvalue weighted by molar-refractivity contribution is 0.0712. The largest absolute Gasteiger partial charge is 0.339 e. The van der Waals surface area contributed by atoms with Gasteiger partial charge in [0.05, 0.1) is 4.90 Å². The summed E-state index contributed by atoms with van der Waals surface area (Å²) in [5.74, 6) is 0.366. The first-order valence-electron chi connectivity index (χ1n) is 8.95. The first-order chi connectivity index (χ1) is 12.5. The van der Waals surface area contributed by atoms with Crippen LogP contribution in [0.5, 0.6) is 0 Å². The van der Waals surface area contributed by atoms with Gasteiger partial charge in [-0.3, -0.25) is 4.79 Å². The average Bonchev–Trinajstić information content (AvgIpc) is 2.68. The van der Waals surface area contributed by atoms with Crippen molar-refractivity contribution in [1.82, 2.24) is 9.62 Å². The summed E-state index contributed by atoms with van der Waals surface area (Å²) in [4.78, 5) is 14.7. The fraction of sp³-hybridized carbons (Fsp3) is 0.350. The van der Waals surface area contributed by atoms with Gasteiger partial charge in [-0.2, -0.15) is 0 Å². The molecule has 0 aromatic heterocycles. The number of piperidine rings is 1. The molecule has 138 valence electrons. The lowest BCUT2D eigenvalue weighted by atomic mass is 9.89. The lowest BCUT2D eigenvalue weighted by Gasteiger charge is -2.32. The predicted molar refractivity (Wildman–Crippen MR) is 102 cm³/mol. The first-order valence-corrected chi connectivity index (χ1v) is 10.4. The number of nitrogens with zero attached hydrogens (tertiary/aromatic N) is 1. The van der Waals surface area contributed by atoms with E-state index in [9.17, 15) is 13.2 Å². The maximum atomic E-state index is 12.8. The number of nitrogens with one attached hydrogen (secondary N) is 1. The summed E-state index contributed by atoms with van der Waals surface area (Å²) in [5, 5.41) is 0. The summed E-state index contributed by atoms with van der Waals surface area (Å²) in [6, 6.07) is 16.6. The summed E-state index contributed by atoms with van der Waals surface area (Å²) >= 11 is 0. The molecule has 1 N–H and O–H groups in total. The molecule has 0 spiro atoms. The zero-order chi connectivity index (χ0) is 18.6. The molecular weight excluding hydrogens is 348 g/mol. The second kappa shape index (κ2) is 8.01. The number of hydrogen-bond donors (Lipinski definition) is 1. The molecule has 26 heavy (non-hydrogen) atoms. The van der Waals surface area contributed by atoms with Crippen molar-refractivity contribution in [2.24, 2.45) is 0 Å². The van der Waals surface area contributed by atoms with Crippen LogP contribution in [-0.2, 0) is 10.0 Å². The van der Waals surface area contributed by atoms with Crippen LogP contribution in [0, 0.1) is 0 Å². The summed E-state index contributed by atoms with van der Waals surface area (Å²) in [6.07, 6.45) is 1.84. The van der Waals surface area contributed by atoms with E-state index in [0.29, 0.717) is 31.1 Å². The smallest absolute Gasteiger partial charge is 0.253 e. The number of rotatable bonds is 5. The first kappa shape index (κ1) is 18.6. The van der Waals surface area contributed by atoms with E-state index in [1.807, 2.05) is 23.1 Å². The summed E-state index contributed by atoms with van der Waals surface area (Å²) in [6.45, 7) is 3.40. The molecule has 0 atom stereocenters. The standard InChI is InChI=1S/C20H24N2O3S/c1-2-21-26(24,25)19-10-6-9-18(15-19)20(23)22-13-11-17(12-14-22)16-7-4-3-5-8-16/h3-10,15,17,21H,2,11-14H2,1H3. The second-order valence-electron chi connectivity index (χ2n) is 6.51. The number of sulfonamides is 1. The molecule has 0 unspecified atom stereocenters. The number of carbonyl (C=O) groups excluding carboxylic acids is 1. The minimum absolute atomic E-state index is 0.106. The van der Waals surface area contributed by atoms with E-state index in [2.05, 4.69) is 16.9 Å². The van der Waals surface area contributed by atoms with Crippen LogP contribution in [0.25, 0.3) is 0 Å². The Hall–Kier alpha value is -2.18. The Morgan fingerprint density at radius 3 is 2.42 bits per heavy atom. The van der Waals surface area contributed by atoms with Crippen molar-refractivity contribution in [3.8, 4) is 0 Å². The van der Waals surface area contributed by atoms with Crippen LogP contribution in [0.15, 0.2) is 59.5 Å². The third-order valence-electron chi connectivity index (χ3n) is 4.78. The number of carbonyl (C=O) groups is 1. The van der Waals surface area contributed by atoms with Gasteiger partial charge in [0.1, 0.15) is 0 Å². The van der Waals surface area contributed by atoms with Gasteiger partial charge in [0, 0.05) is 25.2 Å². The maximum Gasteiger partial charge on any atom is 0.253 e. The Bertz CT molecular complexity index is 858.